The normalized spacial score (nSPS) is 18.6. The fourth-order valence-electron chi connectivity index (χ4n) is 3.32. The van der Waals surface area contributed by atoms with E-state index in [1.54, 1.807) is 0 Å². The zero-order valence-corrected chi connectivity index (χ0v) is 14.7. The molecular weight excluding hydrogens is 288 g/mol. The Morgan fingerprint density at radius 1 is 0.818 bits per heavy atom. The average Bonchev–Trinajstić information content (AvgIpc) is 2.48. The van der Waals surface area contributed by atoms with Crippen molar-refractivity contribution in [3.8, 4) is 0 Å². The molecule has 0 aliphatic carbocycles. The van der Waals surface area contributed by atoms with E-state index in [-0.39, 0.29) is 17.9 Å². The van der Waals surface area contributed by atoms with Gasteiger partial charge in [-0.15, -0.1) is 0 Å². The summed E-state index contributed by atoms with van der Waals surface area (Å²) in [6.45, 7) is 4.47. The Kier molecular flexibility index (Phi) is 6.08. The molecule has 1 heterocycles. The highest BCUT2D eigenvalue weighted by Crippen LogP contribution is 2.32. The van der Waals surface area contributed by atoms with Crippen LogP contribution in [0.2, 0.25) is 6.04 Å². The lowest BCUT2D eigenvalue weighted by molar-refractivity contribution is 0.0774. The smallest absolute Gasteiger partial charge is 0.256 e. The Labute approximate surface area is 135 Å². The van der Waals surface area contributed by atoms with Crippen molar-refractivity contribution in [2.75, 3.05) is 0 Å². The number of hydrogen-bond acceptors (Lipinski definition) is 3. The van der Waals surface area contributed by atoms with Gasteiger partial charge in [-0.25, -0.2) is 0 Å². The molecule has 3 nitrogen and oxygen atoms in total. The van der Waals surface area contributed by atoms with Crippen LogP contribution in [0.4, 0.5) is 0 Å². The Morgan fingerprint density at radius 2 is 1.27 bits per heavy atom. The van der Waals surface area contributed by atoms with Crippen LogP contribution in [-0.4, -0.2) is 13.9 Å². The van der Waals surface area contributed by atoms with Gasteiger partial charge in [-0.2, -0.15) is 0 Å². The number of hydrogen-bond donors (Lipinski definition) is 2. The van der Waals surface area contributed by atoms with E-state index in [9.17, 15) is 0 Å². The van der Waals surface area contributed by atoms with E-state index >= 15 is 0 Å². The highest BCUT2D eigenvalue weighted by Gasteiger charge is 2.46. The van der Waals surface area contributed by atoms with E-state index in [4.69, 9.17) is 4.43 Å². The van der Waals surface area contributed by atoms with Crippen molar-refractivity contribution in [1.29, 1.82) is 0 Å². The van der Waals surface area contributed by atoms with Crippen molar-refractivity contribution in [2.45, 2.75) is 38.3 Å². The molecule has 3 rings (SSSR count). The second kappa shape index (κ2) is 7.20. The second-order valence-corrected chi connectivity index (χ2v) is 9.79. The van der Waals surface area contributed by atoms with Gasteiger partial charge >= 0.3 is 0 Å². The highest BCUT2D eigenvalue weighted by atomic mass is 28.4. The molecule has 0 saturated carbocycles. The third kappa shape index (κ3) is 3.47. The van der Waals surface area contributed by atoms with E-state index < -0.39 is 8.32 Å². The number of rotatable bonds is 2. The van der Waals surface area contributed by atoms with Gasteiger partial charge in [0.1, 0.15) is 0 Å². The fraction of sp³-hybridized carbons (Fsp3) is 0.333. The SMILES string of the molecule is CC1(C)CCC[Si](c2ccccc2)(c2ccccc2)O1.N.N. The van der Waals surface area contributed by atoms with Crippen LogP contribution in [-0.2, 0) is 4.43 Å². The van der Waals surface area contributed by atoms with E-state index in [1.807, 2.05) is 0 Å². The molecule has 1 aliphatic heterocycles. The summed E-state index contributed by atoms with van der Waals surface area (Å²) in [6, 6.07) is 22.9. The topological polar surface area (TPSA) is 79.2 Å². The maximum absolute atomic E-state index is 6.77. The highest BCUT2D eigenvalue weighted by molar-refractivity contribution is 6.97. The standard InChI is InChI=1S/C18H22OSi.2H3N/c1-18(2)14-9-15-20(19-18,16-10-5-3-6-11-16)17-12-7-4-8-13-17;;/h3-8,10-13H,9,14-15H2,1-2H3;2*1H3. The van der Waals surface area contributed by atoms with Gasteiger partial charge < -0.3 is 16.7 Å². The third-order valence-corrected chi connectivity index (χ3v) is 8.73. The lowest BCUT2D eigenvalue weighted by Crippen LogP contribution is -2.65. The van der Waals surface area contributed by atoms with Crippen molar-refractivity contribution in [3.63, 3.8) is 0 Å². The van der Waals surface area contributed by atoms with E-state index in [1.165, 1.54) is 22.8 Å². The lowest BCUT2D eigenvalue weighted by Gasteiger charge is -2.44. The predicted octanol–water partition coefficient (Wildman–Crippen LogP) is 3.66. The summed E-state index contributed by atoms with van der Waals surface area (Å²) in [4.78, 5) is 0. The summed E-state index contributed by atoms with van der Waals surface area (Å²) in [5.74, 6) is 0. The molecule has 0 aromatic heterocycles. The first-order valence-corrected chi connectivity index (χ1v) is 9.55. The summed E-state index contributed by atoms with van der Waals surface area (Å²) in [6.07, 6.45) is 2.41. The third-order valence-electron chi connectivity index (χ3n) is 4.24. The largest absolute Gasteiger partial charge is 0.403 e. The molecule has 1 saturated heterocycles. The molecule has 2 aromatic carbocycles. The first kappa shape index (κ1) is 18.6. The van der Waals surface area contributed by atoms with Crippen molar-refractivity contribution >= 4 is 18.7 Å². The monoisotopic (exact) mass is 316 g/mol. The molecule has 0 amide bonds. The van der Waals surface area contributed by atoms with Crippen LogP contribution < -0.4 is 22.7 Å². The molecule has 2 aromatic rings. The van der Waals surface area contributed by atoms with Crippen LogP contribution in [0.3, 0.4) is 0 Å². The molecule has 1 aliphatic rings. The van der Waals surface area contributed by atoms with Gasteiger partial charge in [-0.05, 0) is 36.7 Å². The maximum Gasteiger partial charge on any atom is 0.256 e. The zero-order valence-electron chi connectivity index (χ0n) is 13.7. The van der Waals surface area contributed by atoms with Crippen LogP contribution in [0.5, 0.6) is 0 Å². The van der Waals surface area contributed by atoms with Crippen molar-refractivity contribution < 1.29 is 4.43 Å². The second-order valence-electron chi connectivity index (χ2n) is 6.27. The Hall–Kier alpha value is -1.46. The van der Waals surface area contributed by atoms with Crippen LogP contribution >= 0.6 is 0 Å². The molecule has 0 unspecified atom stereocenters. The summed E-state index contributed by atoms with van der Waals surface area (Å²) < 4.78 is 6.77. The molecule has 4 heteroatoms. The minimum Gasteiger partial charge on any atom is -0.403 e. The quantitative estimate of drug-likeness (QED) is 0.830. The average molecular weight is 317 g/mol. The van der Waals surface area contributed by atoms with Gasteiger partial charge in [0.25, 0.3) is 8.32 Å². The zero-order chi connectivity index (χ0) is 14.1. The lowest BCUT2D eigenvalue weighted by atomic mass is 10.0. The van der Waals surface area contributed by atoms with Gasteiger partial charge in [0.2, 0.25) is 0 Å². The van der Waals surface area contributed by atoms with Crippen molar-refractivity contribution in [1.82, 2.24) is 12.3 Å². The first-order chi connectivity index (χ1) is 9.62. The molecule has 0 bridgehead atoms. The Morgan fingerprint density at radius 3 is 1.68 bits per heavy atom. The number of benzene rings is 2. The van der Waals surface area contributed by atoms with Crippen molar-refractivity contribution in [3.05, 3.63) is 60.7 Å². The summed E-state index contributed by atoms with van der Waals surface area (Å²) in [7, 11) is -2.07. The maximum atomic E-state index is 6.77. The molecule has 0 radical (unpaired) electrons. The minimum absolute atomic E-state index is 0. The van der Waals surface area contributed by atoms with E-state index in [0.29, 0.717) is 0 Å². The molecule has 120 valence electrons. The summed E-state index contributed by atoms with van der Waals surface area (Å²) >= 11 is 0. The van der Waals surface area contributed by atoms with E-state index in [0.717, 1.165) is 6.42 Å². The van der Waals surface area contributed by atoms with Gasteiger partial charge in [0.05, 0.1) is 5.60 Å². The molecule has 1 fully saturated rings. The fourth-order valence-corrected chi connectivity index (χ4v) is 7.76. The van der Waals surface area contributed by atoms with Crippen LogP contribution in [0.1, 0.15) is 26.7 Å². The molecule has 0 atom stereocenters. The first-order valence-electron chi connectivity index (χ1n) is 7.44. The Bertz CT molecular complexity index is 533. The molecule has 6 N–H and O–H groups in total. The van der Waals surface area contributed by atoms with Gasteiger partial charge in [0.15, 0.2) is 0 Å². The molecule has 22 heavy (non-hydrogen) atoms. The Balaban J connectivity index is 0.00000121. The van der Waals surface area contributed by atoms with Crippen molar-refractivity contribution in [2.24, 2.45) is 0 Å². The summed E-state index contributed by atoms with van der Waals surface area (Å²) in [5, 5.41) is 2.80. The molecular formula is C18H28N2OSi. The van der Waals surface area contributed by atoms with Crippen LogP contribution in [0.25, 0.3) is 0 Å². The predicted molar refractivity (Wildman–Crippen MR) is 97.2 cm³/mol. The van der Waals surface area contributed by atoms with Gasteiger partial charge in [-0.3, -0.25) is 0 Å². The molecule has 0 spiro atoms. The van der Waals surface area contributed by atoms with Crippen LogP contribution in [0, 0.1) is 0 Å². The van der Waals surface area contributed by atoms with Gasteiger partial charge in [0, 0.05) is 0 Å². The summed E-state index contributed by atoms with van der Waals surface area (Å²) in [5.41, 5.74) is -0.0177. The van der Waals surface area contributed by atoms with Gasteiger partial charge in [-0.1, -0.05) is 67.1 Å². The van der Waals surface area contributed by atoms with E-state index in [2.05, 4.69) is 74.5 Å². The minimum atomic E-state index is -2.07. The van der Waals surface area contributed by atoms with Crippen LogP contribution in [0.15, 0.2) is 60.7 Å².